The molecule has 0 saturated carbocycles. The predicted molar refractivity (Wildman–Crippen MR) is 89.9 cm³/mol. The fraction of sp³-hybridized carbons (Fsp3) is 0.214. The molecule has 22 heavy (non-hydrogen) atoms. The van der Waals surface area contributed by atoms with Gasteiger partial charge in [0, 0.05) is 7.11 Å². The third kappa shape index (κ3) is 3.54. The molecule has 8 heteroatoms. The second-order valence-corrected chi connectivity index (χ2v) is 7.47. The summed E-state index contributed by atoms with van der Waals surface area (Å²) in [5.41, 5.74) is 0.614. The molecular formula is C14H10BrN3O2S2. The molecule has 0 amide bonds. The van der Waals surface area contributed by atoms with Gasteiger partial charge in [-0.05, 0) is 39.0 Å². The van der Waals surface area contributed by atoms with Gasteiger partial charge in [0.2, 0.25) is 0 Å². The van der Waals surface area contributed by atoms with Crippen molar-refractivity contribution in [2.45, 2.75) is 6.54 Å². The molecule has 0 bridgehead atoms. The van der Waals surface area contributed by atoms with E-state index in [1.165, 1.54) is 23.0 Å². The van der Waals surface area contributed by atoms with Crippen LogP contribution in [0.25, 0.3) is 11.6 Å². The summed E-state index contributed by atoms with van der Waals surface area (Å²) < 4.78 is 8.23. The fourth-order valence-electron chi connectivity index (χ4n) is 1.76. The van der Waals surface area contributed by atoms with Gasteiger partial charge in [0.25, 0.3) is 5.56 Å². The number of hydrogen-bond donors (Lipinski definition) is 0. The highest BCUT2D eigenvalue weighted by Gasteiger charge is 2.09. The number of methoxy groups -OCH3 is 1. The Balaban J connectivity index is 2.72. The molecule has 0 aliphatic carbocycles. The smallest absolute Gasteiger partial charge is 0.269 e. The normalized spacial score (nSPS) is 11.2. The van der Waals surface area contributed by atoms with Crippen LogP contribution in [0.4, 0.5) is 0 Å². The molecule has 2 aromatic rings. The molecule has 2 aromatic heterocycles. The fourth-order valence-corrected chi connectivity index (χ4v) is 3.97. The minimum atomic E-state index is -0.220. The van der Waals surface area contributed by atoms with E-state index in [1.807, 2.05) is 23.6 Å². The summed E-state index contributed by atoms with van der Waals surface area (Å²) in [6.07, 6.45) is 1.76. The molecule has 0 aromatic carbocycles. The third-order valence-corrected chi connectivity index (χ3v) is 5.40. The van der Waals surface area contributed by atoms with E-state index in [-0.39, 0.29) is 11.1 Å². The maximum Gasteiger partial charge on any atom is 0.269 e. The van der Waals surface area contributed by atoms with E-state index in [2.05, 4.69) is 15.9 Å². The van der Waals surface area contributed by atoms with Crippen LogP contribution in [0.1, 0.15) is 5.56 Å². The number of hydrogen-bond acceptors (Lipinski definition) is 6. The second-order valence-electron chi connectivity index (χ2n) is 4.15. The Morgan fingerprint density at radius 3 is 2.77 bits per heavy atom. The molecule has 0 atom stereocenters. The maximum absolute atomic E-state index is 12.5. The SMILES string of the molecule is COCCn1c(=C(C#N)C#N)s/c(=C/c2csc(Br)c2)c1=O. The van der Waals surface area contributed by atoms with Crippen molar-refractivity contribution >= 4 is 50.3 Å². The number of halogens is 1. The lowest BCUT2D eigenvalue weighted by molar-refractivity contribution is 0.186. The predicted octanol–water partition coefficient (Wildman–Crippen LogP) is 1.41. The zero-order chi connectivity index (χ0) is 16.1. The van der Waals surface area contributed by atoms with Gasteiger partial charge in [0.15, 0.2) is 5.57 Å². The van der Waals surface area contributed by atoms with E-state index in [4.69, 9.17) is 15.3 Å². The van der Waals surface area contributed by atoms with Crippen LogP contribution in [0.15, 0.2) is 20.0 Å². The molecule has 0 unspecified atom stereocenters. The van der Waals surface area contributed by atoms with Gasteiger partial charge in [-0.2, -0.15) is 10.5 Å². The molecule has 0 N–H and O–H groups in total. The van der Waals surface area contributed by atoms with Crippen LogP contribution in [-0.4, -0.2) is 18.3 Å². The first-order valence-corrected chi connectivity index (χ1v) is 8.58. The number of thiazole rings is 1. The number of thiophene rings is 1. The van der Waals surface area contributed by atoms with Crippen molar-refractivity contribution in [1.82, 2.24) is 4.57 Å². The van der Waals surface area contributed by atoms with Crippen LogP contribution in [0.2, 0.25) is 0 Å². The first kappa shape index (κ1) is 16.7. The molecule has 0 aliphatic rings. The second kappa shape index (κ2) is 7.52. The van der Waals surface area contributed by atoms with Crippen molar-refractivity contribution in [2.75, 3.05) is 13.7 Å². The van der Waals surface area contributed by atoms with Gasteiger partial charge in [0.1, 0.15) is 16.8 Å². The average Bonchev–Trinajstić information content (AvgIpc) is 3.04. The quantitative estimate of drug-likeness (QED) is 0.783. The molecule has 0 saturated heterocycles. The van der Waals surface area contributed by atoms with E-state index in [0.717, 1.165) is 20.7 Å². The van der Waals surface area contributed by atoms with Gasteiger partial charge in [-0.1, -0.05) is 0 Å². The topological polar surface area (TPSA) is 78.8 Å². The van der Waals surface area contributed by atoms with Gasteiger partial charge in [0.05, 0.1) is 21.5 Å². The van der Waals surface area contributed by atoms with Crippen LogP contribution in [0, 0.1) is 22.7 Å². The largest absolute Gasteiger partial charge is 0.383 e. The standard InChI is InChI=1S/C14H10BrN3O2S2/c1-20-3-2-18-13(19)11(4-9-5-12(15)21-8-9)22-14(18)10(6-16)7-17/h4-5,8H,2-3H2,1H3/b11-4+. The number of ether oxygens (including phenoxy) is 1. The average molecular weight is 396 g/mol. The van der Waals surface area contributed by atoms with Gasteiger partial charge in [-0.3, -0.25) is 9.36 Å². The van der Waals surface area contributed by atoms with Gasteiger partial charge < -0.3 is 4.74 Å². The molecule has 112 valence electrons. The molecule has 0 fully saturated rings. The number of aromatic nitrogens is 1. The van der Waals surface area contributed by atoms with Crippen molar-refractivity contribution in [3.8, 4) is 12.1 Å². The number of nitriles is 2. The summed E-state index contributed by atoms with van der Waals surface area (Å²) in [4.78, 5) is 12.5. The van der Waals surface area contributed by atoms with Gasteiger partial charge in [-0.15, -0.1) is 22.7 Å². The Kier molecular flexibility index (Phi) is 5.69. The highest BCUT2D eigenvalue weighted by molar-refractivity contribution is 9.11. The van der Waals surface area contributed by atoms with Gasteiger partial charge in [-0.25, -0.2) is 0 Å². The van der Waals surface area contributed by atoms with Crippen molar-refractivity contribution in [3.05, 3.63) is 40.3 Å². The van der Waals surface area contributed by atoms with E-state index in [1.54, 1.807) is 6.08 Å². The van der Waals surface area contributed by atoms with E-state index < -0.39 is 0 Å². The Hall–Kier alpha value is -1.71. The van der Waals surface area contributed by atoms with Crippen LogP contribution in [-0.2, 0) is 11.3 Å². The number of nitrogens with zero attached hydrogens (tertiary/aromatic N) is 3. The summed E-state index contributed by atoms with van der Waals surface area (Å²) in [7, 11) is 1.53. The Morgan fingerprint density at radius 1 is 1.50 bits per heavy atom. The van der Waals surface area contributed by atoms with Crippen LogP contribution in [0.3, 0.4) is 0 Å². The van der Waals surface area contributed by atoms with Crippen molar-refractivity contribution in [2.24, 2.45) is 0 Å². The number of rotatable bonds is 4. The Bertz CT molecular complexity index is 925. The maximum atomic E-state index is 12.5. The van der Waals surface area contributed by atoms with Crippen molar-refractivity contribution < 1.29 is 4.74 Å². The monoisotopic (exact) mass is 395 g/mol. The third-order valence-electron chi connectivity index (χ3n) is 2.75. The summed E-state index contributed by atoms with van der Waals surface area (Å²) in [5, 5.41) is 20.0. The summed E-state index contributed by atoms with van der Waals surface area (Å²) in [5.74, 6) is 0. The first-order chi connectivity index (χ1) is 10.6. The molecule has 5 nitrogen and oxygen atoms in total. The molecule has 2 rings (SSSR count). The molecule has 0 spiro atoms. The zero-order valence-corrected chi connectivity index (χ0v) is 14.7. The Morgan fingerprint density at radius 2 is 2.23 bits per heavy atom. The zero-order valence-electron chi connectivity index (χ0n) is 11.5. The van der Waals surface area contributed by atoms with Gasteiger partial charge >= 0.3 is 0 Å². The van der Waals surface area contributed by atoms with Crippen molar-refractivity contribution in [1.29, 1.82) is 10.5 Å². The van der Waals surface area contributed by atoms with E-state index in [0.29, 0.717) is 22.3 Å². The summed E-state index contributed by atoms with van der Waals surface area (Å²) >= 11 is 6.04. The lowest BCUT2D eigenvalue weighted by Gasteiger charge is -1.99. The summed E-state index contributed by atoms with van der Waals surface area (Å²) in [6.45, 7) is 0.631. The molecular weight excluding hydrogens is 386 g/mol. The highest BCUT2D eigenvalue weighted by atomic mass is 79.9. The van der Waals surface area contributed by atoms with E-state index in [9.17, 15) is 4.79 Å². The minimum Gasteiger partial charge on any atom is -0.383 e. The highest BCUT2D eigenvalue weighted by Crippen LogP contribution is 2.20. The molecule has 0 aliphatic heterocycles. The van der Waals surface area contributed by atoms with E-state index >= 15 is 0 Å². The summed E-state index contributed by atoms with van der Waals surface area (Å²) in [6, 6.07) is 5.58. The van der Waals surface area contributed by atoms with Crippen molar-refractivity contribution in [3.63, 3.8) is 0 Å². The minimum absolute atomic E-state index is 0.0654. The first-order valence-electron chi connectivity index (χ1n) is 6.09. The molecule has 0 radical (unpaired) electrons. The van der Waals surface area contributed by atoms with Crippen LogP contribution < -0.4 is 14.8 Å². The lowest BCUT2D eigenvalue weighted by atomic mass is 10.3. The Labute approximate surface area is 142 Å². The van der Waals surface area contributed by atoms with Crippen LogP contribution in [0.5, 0.6) is 0 Å². The van der Waals surface area contributed by atoms with Crippen LogP contribution >= 0.6 is 38.6 Å². The lowest BCUT2D eigenvalue weighted by Crippen LogP contribution is -2.33. The molecule has 2 heterocycles.